The van der Waals surface area contributed by atoms with E-state index in [2.05, 4.69) is 15.1 Å². The van der Waals surface area contributed by atoms with Crippen LogP contribution in [0.3, 0.4) is 0 Å². The van der Waals surface area contributed by atoms with Crippen molar-refractivity contribution in [1.82, 2.24) is 29.5 Å². The molecule has 0 bridgehead atoms. The van der Waals surface area contributed by atoms with Gasteiger partial charge in [-0.15, -0.1) is 11.3 Å². The van der Waals surface area contributed by atoms with Gasteiger partial charge in [-0.3, -0.25) is 14.6 Å². The third-order valence-corrected chi connectivity index (χ3v) is 7.73. The van der Waals surface area contributed by atoms with Gasteiger partial charge in [0.15, 0.2) is 0 Å². The molecule has 2 aliphatic heterocycles. The molecular weight excluding hydrogens is 468 g/mol. The van der Waals surface area contributed by atoms with Crippen LogP contribution in [-0.2, 0) is 4.74 Å². The van der Waals surface area contributed by atoms with Gasteiger partial charge >= 0.3 is 6.09 Å². The van der Waals surface area contributed by atoms with Gasteiger partial charge in [0, 0.05) is 19.6 Å². The number of amides is 2. The quantitative estimate of drug-likeness (QED) is 0.579. The van der Waals surface area contributed by atoms with Crippen LogP contribution in [0, 0.1) is 6.92 Å². The van der Waals surface area contributed by atoms with Crippen LogP contribution in [-0.4, -0.2) is 72.3 Å². The summed E-state index contributed by atoms with van der Waals surface area (Å²) in [6.45, 7) is 9.04. The van der Waals surface area contributed by atoms with Crippen LogP contribution < -0.4 is 5.56 Å². The van der Waals surface area contributed by atoms with Gasteiger partial charge in [0.2, 0.25) is 5.95 Å². The molecule has 3 aromatic rings. The lowest BCUT2D eigenvalue weighted by Crippen LogP contribution is -2.57. The van der Waals surface area contributed by atoms with E-state index in [0.717, 1.165) is 25.7 Å². The van der Waals surface area contributed by atoms with Gasteiger partial charge in [-0.2, -0.15) is 5.10 Å². The van der Waals surface area contributed by atoms with Gasteiger partial charge in [-0.05, 0) is 64.8 Å². The number of carbonyl (C=O) groups excluding carboxylic acids is 2. The highest BCUT2D eigenvalue weighted by Gasteiger charge is 2.49. The fourth-order valence-electron chi connectivity index (χ4n) is 5.12. The summed E-state index contributed by atoms with van der Waals surface area (Å²) in [7, 11) is 0. The van der Waals surface area contributed by atoms with Crippen molar-refractivity contribution in [3.63, 3.8) is 0 Å². The molecule has 0 radical (unpaired) electrons. The van der Waals surface area contributed by atoms with Crippen molar-refractivity contribution in [2.24, 2.45) is 0 Å². The number of ether oxygens (including phenoxy) is 1. The fourth-order valence-corrected chi connectivity index (χ4v) is 5.84. The second-order valence-electron chi connectivity index (χ2n) is 10.4. The number of likely N-dealkylation sites (tertiary alicyclic amines) is 2. The average molecular weight is 499 g/mol. The molecule has 5 rings (SSSR count). The molecule has 2 amide bonds. The zero-order valence-corrected chi connectivity index (χ0v) is 21.3. The van der Waals surface area contributed by atoms with Crippen molar-refractivity contribution in [3.05, 3.63) is 39.3 Å². The molecule has 1 N–H and O–H groups in total. The van der Waals surface area contributed by atoms with Gasteiger partial charge in [0.25, 0.3) is 11.5 Å². The van der Waals surface area contributed by atoms with Crippen LogP contribution in [0.2, 0.25) is 0 Å². The summed E-state index contributed by atoms with van der Waals surface area (Å²) >= 11 is 1.33. The third-order valence-electron chi connectivity index (χ3n) is 6.82. The smallest absolute Gasteiger partial charge is 0.410 e. The molecule has 186 valence electrons. The fraction of sp³-hybridized carbons (Fsp3) is 0.542. The third kappa shape index (κ3) is 4.22. The Kier molecular flexibility index (Phi) is 5.70. The molecule has 1 unspecified atom stereocenters. The number of nitrogens with zero attached hydrogens (tertiary/aromatic N) is 5. The van der Waals surface area contributed by atoms with E-state index >= 15 is 0 Å². The molecule has 1 spiro atoms. The topological polar surface area (TPSA) is 113 Å². The number of aromatic amines is 1. The number of thiophene rings is 1. The molecule has 0 aromatic carbocycles. The first-order chi connectivity index (χ1) is 16.6. The van der Waals surface area contributed by atoms with E-state index in [0.29, 0.717) is 41.1 Å². The maximum atomic E-state index is 13.5. The molecule has 0 saturated carbocycles. The first-order valence-electron chi connectivity index (χ1n) is 11.9. The van der Waals surface area contributed by atoms with Crippen molar-refractivity contribution in [2.75, 3.05) is 19.6 Å². The van der Waals surface area contributed by atoms with E-state index < -0.39 is 11.1 Å². The average Bonchev–Trinajstić information content (AvgIpc) is 3.51. The van der Waals surface area contributed by atoms with Gasteiger partial charge in [0.1, 0.15) is 10.3 Å². The molecule has 2 saturated heterocycles. The van der Waals surface area contributed by atoms with Gasteiger partial charge in [-0.1, -0.05) is 0 Å². The maximum absolute atomic E-state index is 13.5. The van der Waals surface area contributed by atoms with Crippen molar-refractivity contribution >= 4 is 33.6 Å². The van der Waals surface area contributed by atoms with E-state index in [9.17, 15) is 14.4 Å². The number of nitrogens with one attached hydrogen (secondary N) is 1. The van der Waals surface area contributed by atoms with Crippen LogP contribution in [0.25, 0.3) is 16.2 Å². The Labute approximate surface area is 206 Å². The maximum Gasteiger partial charge on any atom is 0.410 e. The zero-order chi connectivity index (χ0) is 25.0. The van der Waals surface area contributed by atoms with Crippen LogP contribution in [0.15, 0.2) is 22.4 Å². The van der Waals surface area contributed by atoms with Gasteiger partial charge in [-0.25, -0.2) is 14.5 Å². The predicted octanol–water partition coefficient (Wildman–Crippen LogP) is 3.48. The number of hydrogen-bond donors (Lipinski definition) is 1. The van der Waals surface area contributed by atoms with Crippen LogP contribution >= 0.6 is 11.3 Å². The first-order valence-corrected chi connectivity index (χ1v) is 12.8. The van der Waals surface area contributed by atoms with E-state index in [-0.39, 0.29) is 23.5 Å². The van der Waals surface area contributed by atoms with Gasteiger partial charge < -0.3 is 14.5 Å². The lowest BCUT2D eigenvalue weighted by molar-refractivity contribution is -0.0131. The highest BCUT2D eigenvalue weighted by molar-refractivity contribution is 7.17. The van der Waals surface area contributed by atoms with E-state index in [1.807, 2.05) is 31.1 Å². The number of aromatic nitrogens is 4. The number of H-pyrrole nitrogens is 1. The Morgan fingerprint density at radius 2 is 2.00 bits per heavy atom. The molecule has 35 heavy (non-hydrogen) atoms. The van der Waals surface area contributed by atoms with Crippen LogP contribution in [0.4, 0.5) is 4.79 Å². The Morgan fingerprint density at radius 3 is 2.77 bits per heavy atom. The monoisotopic (exact) mass is 498 g/mol. The Balaban J connectivity index is 1.38. The number of hydrogen-bond acceptors (Lipinski definition) is 7. The Morgan fingerprint density at radius 1 is 1.20 bits per heavy atom. The lowest BCUT2D eigenvalue weighted by atomic mass is 9.86. The number of carbonyl (C=O) groups is 2. The second kappa shape index (κ2) is 8.47. The van der Waals surface area contributed by atoms with Gasteiger partial charge in [0.05, 0.1) is 28.5 Å². The summed E-state index contributed by atoms with van der Waals surface area (Å²) in [6, 6.07) is 1.79. The van der Waals surface area contributed by atoms with Crippen LogP contribution in [0.1, 0.15) is 62.5 Å². The summed E-state index contributed by atoms with van der Waals surface area (Å²) in [6.07, 6.45) is 4.72. The SMILES string of the molecule is Cc1c(C(=O)N2CCC3(CCCCN3C(=O)OC(C)(C)C)C2)cnn1-c1nc2ccsc2c(=O)[nH]1. The number of rotatable bonds is 2. The molecule has 5 heterocycles. The standard InChI is InChI=1S/C24H30N6O4S/c1-15-16(13-25-30(15)21-26-17-7-12-35-18(17)19(31)27-21)20(32)28-11-9-24(14-28)8-5-6-10-29(24)22(33)34-23(2,3)4/h7,12-13H,5-6,8-11,14H2,1-4H3,(H,26,27,31). The number of piperidine rings is 1. The minimum Gasteiger partial charge on any atom is -0.444 e. The van der Waals surface area contributed by atoms with Crippen molar-refractivity contribution in [2.45, 2.75) is 64.5 Å². The van der Waals surface area contributed by atoms with E-state index in [1.54, 1.807) is 17.9 Å². The zero-order valence-electron chi connectivity index (χ0n) is 20.5. The summed E-state index contributed by atoms with van der Waals surface area (Å²) < 4.78 is 7.73. The highest BCUT2D eigenvalue weighted by atomic mass is 32.1. The largest absolute Gasteiger partial charge is 0.444 e. The van der Waals surface area contributed by atoms with E-state index in [4.69, 9.17) is 4.74 Å². The predicted molar refractivity (Wildman–Crippen MR) is 132 cm³/mol. The normalized spacial score (nSPS) is 20.7. The molecule has 1 atom stereocenters. The first kappa shape index (κ1) is 23.5. The minimum absolute atomic E-state index is 0.140. The Bertz CT molecular complexity index is 1350. The lowest BCUT2D eigenvalue weighted by Gasteiger charge is -2.44. The molecule has 2 fully saturated rings. The molecule has 3 aromatic heterocycles. The van der Waals surface area contributed by atoms with Crippen LogP contribution in [0.5, 0.6) is 0 Å². The van der Waals surface area contributed by atoms with Crippen molar-refractivity contribution in [3.8, 4) is 5.95 Å². The summed E-state index contributed by atoms with van der Waals surface area (Å²) in [5, 5.41) is 6.17. The number of fused-ring (bicyclic) bond motifs is 1. The summed E-state index contributed by atoms with van der Waals surface area (Å²) in [5.74, 6) is 0.137. The summed E-state index contributed by atoms with van der Waals surface area (Å²) in [4.78, 5) is 49.8. The summed E-state index contributed by atoms with van der Waals surface area (Å²) in [5.41, 5.74) is 0.436. The van der Waals surface area contributed by atoms with Crippen molar-refractivity contribution in [1.29, 1.82) is 0 Å². The molecule has 2 aliphatic rings. The molecule has 10 nitrogen and oxygen atoms in total. The van der Waals surface area contributed by atoms with E-state index in [1.165, 1.54) is 22.2 Å². The molecule has 11 heteroatoms. The minimum atomic E-state index is -0.573. The van der Waals surface area contributed by atoms with Crippen molar-refractivity contribution < 1.29 is 14.3 Å². The Hall–Kier alpha value is -3.21. The molecular formula is C24H30N6O4S. The highest BCUT2D eigenvalue weighted by Crippen LogP contribution is 2.38. The second-order valence-corrected chi connectivity index (χ2v) is 11.3. The molecule has 0 aliphatic carbocycles.